The van der Waals surface area contributed by atoms with Gasteiger partial charge in [0, 0.05) is 23.6 Å². The lowest BCUT2D eigenvalue weighted by Crippen LogP contribution is -1.64. The minimum Gasteiger partial charge on any atom is -0.184 e. The zero-order valence-corrected chi connectivity index (χ0v) is 4.32. The Morgan fingerprint density at radius 3 is 1.50 bits per heavy atom. The van der Waals surface area contributed by atoms with Crippen molar-refractivity contribution in [3.05, 3.63) is 0 Å². The summed E-state index contributed by atoms with van der Waals surface area (Å²) in [4.78, 5) is 0. The molecule has 0 heterocycles. The zero-order valence-electron chi connectivity index (χ0n) is 2.81. The molecule has 0 aliphatic heterocycles. The lowest BCUT2D eigenvalue weighted by molar-refractivity contribution is 1.93. The lowest BCUT2D eigenvalue weighted by Gasteiger charge is -1.58. The predicted molar refractivity (Wildman–Crippen MR) is 28.7 cm³/mol. The summed E-state index contributed by atoms with van der Waals surface area (Å²) in [6, 6.07) is 0. The second kappa shape index (κ2) is 4.92. The molecule has 0 aromatic rings. The van der Waals surface area contributed by atoms with Gasteiger partial charge in [0.25, 0.3) is 0 Å². The fourth-order valence-electron chi connectivity index (χ4n) is 0.0504. The van der Waals surface area contributed by atoms with E-state index in [1.165, 1.54) is 12.4 Å². The van der Waals surface area contributed by atoms with Gasteiger partial charge in [-0.05, 0) is 0 Å². The van der Waals surface area contributed by atoms with Crippen molar-refractivity contribution in [2.45, 2.75) is 0 Å². The van der Waals surface area contributed by atoms with Gasteiger partial charge in [0.15, 0.2) is 0 Å². The van der Waals surface area contributed by atoms with E-state index in [9.17, 15) is 0 Å². The molecule has 0 unspecified atom stereocenters. The quantitative estimate of drug-likeness (QED) is 0.473. The Labute approximate surface area is 45.7 Å². The summed E-state index contributed by atoms with van der Waals surface area (Å²) in [7, 11) is 0. The van der Waals surface area contributed by atoms with Gasteiger partial charge in [0.05, 0.1) is 12.4 Å². The molecule has 0 aliphatic carbocycles. The summed E-state index contributed by atoms with van der Waals surface area (Å²) in [5.74, 6) is 0. The monoisotopic (exact) mass is 124 g/mol. The van der Waals surface area contributed by atoms with Crippen LogP contribution in [0.15, 0.2) is 9.02 Å². The largest absolute Gasteiger partial charge is 0.184 e. The van der Waals surface area contributed by atoms with Gasteiger partial charge in [-0.1, -0.05) is 0 Å². The molecule has 0 saturated heterocycles. The van der Waals surface area contributed by atoms with E-state index in [-0.39, 0.29) is 0 Å². The van der Waals surface area contributed by atoms with Crippen molar-refractivity contribution < 1.29 is 0 Å². The first-order valence-corrected chi connectivity index (χ1v) is 1.86. The molecular weight excluding hydrogens is 123 g/mol. The fraction of sp³-hybridized carbons (Fsp3) is 0. The molecule has 0 spiro atoms. The van der Waals surface area contributed by atoms with E-state index in [4.69, 9.17) is 23.6 Å². The summed E-state index contributed by atoms with van der Waals surface area (Å²) in [6.45, 7) is 0. The Balaban J connectivity index is 3.07. The molecule has 0 N–H and O–H groups in total. The summed E-state index contributed by atoms with van der Waals surface area (Å²) < 4.78 is 6.08. The van der Waals surface area contributed by atoms with Crippen molar-refractivity contribution in [3.63, 3.8) is 0 Å². The summed E-state index contributed by atoms with van der Waals surface area (Å²) in [6.07, 6.45) is 2.54. The van der Waals surface area contributed by atoms with E-state index in [1.54, 1.807) is 0 Å². The first-order valence-electron chi connectivity index (χ1n) is 1.19. The third-order valence-electron chi connectivity index (χ3n) is 0.179. The minimum atomic E-state index is 1.27. The maximum Gasteiger partial charge on any atom is 0.0610 e. The van der Waals surface area contributed by atoms with Crippen LogP contribution in [0.25, 0.3) is 0 Å². The summed E-state index contributed by atoms with van der Waals surface area (Å²) >= 11 is 9.60. The third kappa shape index (κ3) is 3.92. The molecule has 0 aliphatic rings. The number of halogens is 2. The van der Waals surface area contributed by atoms with Gasteiger partial charge in [0.1, 0.15) is 0 Å². The van der Waals surface area contributed by atoms with E-state index in [0.29, 0.717) is 0 Å². The van der Waals surface area contributed by atoms with E-state index in [0.717, 1.165) is 0 Å². The van der Waals surface area contributed by atoms with Crippen LogP contribution in [0, 0.1) is 0 Å². The molecule has 4 heteroatoms. The number of hydrogen-bond acceptors (Lipinski definition) is 2. The first-order chi connectivity index (χ1) is 2.91. The normalized spacial score (nSPS) is 11.7. The molecular formula is C2H2Cl2N2. The highest BCUT2D eigenvalue weighted by Gasteiger charge is 1.54. The molecule has 0 aromatic heterocycles. The van der Waals surface area contributed by atoms with Crippen molar-refractivity contribution in [1.29, 1.82) is 0 Å². The van der Waals surface area contributed by atoms with Gasteiger partial charge in [-0.15, -0.1) is 0 Å². The Hall–Kier alpha value is -0.0800. The predicted octanol–water partition coefficient (Wildman–Crippen LogP) is 1.44. The van der Waals surface area contributed by atoms with Crippen molar-refractivity contribution in [2.75, 3.05) is 0 Å². The second-order valence-electron chi connectivity index (χ2n) is 0.493. The number of rotatable bonds is 1. The van der Waals surface area contributed by atoms with E-state index < -0.39 is 0 Å². The summed E-state index contributed by atoms with van der Waals surface area (Å²) in [5, 5.41) is 0. The first kappa shape index (κ1) is 5.92. The molecule has 0 radical (unpaired) electrons. The Morgan fingerprint density at radius 1 is 1.00 bits per heavy atom. The molecule has 0 rings (SSSR count). The van der Waals surface area contributed by atoms with Gasteiger partial charge in [0.2, 0.25) is 0 Å². The van der Waals surface area contributed by atoms with Crippen LogP contribution in [0.5, 0.6) is 0 Å². The molecule has 0 amide bonds. The highest BCUT2D eigenvalue weighted by Crippen LogP contribution is 1.70. The van der Waals surface area contributed by atoms with Crippen LogP contribution in [0.1, 0.15) is 0 Å². The van der Waals surface area contributed by atoms with Crippen molar-refractivity contribution >= 4 is 36.0 Å². The van der Waals surface area contributed by atoms with Crippen LogP contribution < -0.4 is 0 Å². The Kier molecular flexibility index (Phi) is 4.85. The molecule has 0 bridgehead atoms. The van der Waals surface area contributed by atoms with Gasteiger partial charge in [-0.25, -0.2) is 0 Å². The maximum atomic E-state index is 4.80. The number of hydrogen-bond donors (Lipinski definition) is 0. The Bertz CT molecular complexity index is 57.9. The van der Waals surface area contributed by atoms with Crippen molar-refractivity contribution in [1.82, 2.24) is 0 Å². The van der Waals surface area contributed by atoms with Crippen LogP contribution in [0.3, 0.4) is 0 Å². The molecule has 0 atom stereocenters. The molecule has 0 saturated carbocycles. The van der Waals surface area contributed by atoms with Crippen LogP contribution in [0.4, 0.5) is 0 Å². The van der Waals surface area contributed by atoms with Crippen LogP contribution in [-0.4, -0.2) is 12.4 Å². The lowest BCUT2D eigenvalue weighted by atomic mass is 10.9. The highest BCUT2D eigenvalue weighted by molar-refractivity contribution is 6.31. The van der Waals surface area contributed by atoms with Gasteiger partial charge in [-0.2, -0.15) is 9.02 Å². The third-order valence-corrected chi connectivity index (χ3v) is 0.405. The maximum absolute atomic E-state index is 4.80. The zero-order chi connectivity index (χ0) is 4.83. The smallest absolute Gasteiger partial charge is 0.0610 e. The van der Waals surface area contributed by atoms with Crippen molar-refractivity contribution in [3.8, 4) is 0 Å². The summed E-state index contributed by atoms with van der Waals surface area (Å²) in [5.41, 5.74) is 0. The van der Waals surface area contributed by atoms with E-state index in [2.05, 4.69) is 9.02 Å². The van der Waals surface area contributed by atoms with E-state index >= 15 is 0 Å². The van der Waals surface area contributed by atoms with E-state index in [1.807, 2.05) is 0 Å². The van der Waals surface area contributed by atoms with Gasteiger partial charge >= 0.3 is 0 Å². The molecule has 6 heavy (non-hydrogen) atoms. The molecule has 34 valence electrons. The standard InChI is InChI=1S/C2H2Cl2N2/c3-5-1-2-6-4/h1-2H/b5-1+,6-2+. The minimum absolute atomic E-state index is 1.27. The Morgan fingerprint density at radius 2 is 1.33 bits per heavy atom. The molecule has 0 fully saturated rings. The SMILES string of the molecule is Cl/N=C/C=N/Cl. The molecule has 2 nitrogen and oxygen atoms in total. The van der Waals surface area contributed by atoms with Gasteiger partial charge in [-0.3, -0.25) is 0 Å². The second-order valence-corrected chi connectivity index (χ2v) is 0.884. The van der Waals surface area contributed by atoms with Crippen LogP contribution >= 0.6 is 23.6 Å². The molecule has 0 aromatic carbocycles. The topological polar surface area (TPSA) is 24.7 Å². The average molecular weight is 125 g/mol. The fourth-order valence-corrected chi connectivity index (χ4v) is 0.151. The highest BCUT2D eigenvalue weighted by atomic mass is 35.5. The van der Waals surface area contributed by atoms with Crippen LogP contribution in [0.2, 0.25) is 0 Å². The number of nitrogens with zero attached hydrogens (tertiary/aromatic N) is 2. The van der Waals surface area contributed by atoms with Crippen molar-refractivity contribution in [2.24, 2.45) is 9.02 Å². The van der Waals surface area contributed by atoms with Crippen LogP contribution in [-0.2, 0) is 0 Å². The van der Waals surface area contributed by atoms with Gasteiger partial charge < -0.3 is 0 Å². The average Bonchev–Trinajstić information content (AvgIpc) is 1.61.